The number of amides is 2. The van der Waals surface area contributed by atoms with Crippen LogP contribution in [0.4, 0.5) is 5.69 Å². The van der Waals surface area contributed by atoms with E-state index in [-0.39, 0.29) is 24.8 Å². The Morgan fingerprint density at radius 3 is 2.81 bits per heavy atom. The molecule has 1 aromatic rings. The van der Waals surface area contributed by atoms with Crippen molar-refractivity contribution in [1.29, 1.82) is 0 Å². The Labute approximate surface area is 121 Å². The Kier molecular flexibility index (Phi) is 4.54. The minimum atomic E-state index is -1.48. The van der Waals surface area contributed by atoms with Crippen LogP contribution in [-0.4, -0.2) is 40.6 Å². The maximum absolute atomic E-state index is 11.9. The second-order valence-electron chi connectivity index (χ2n) is 4.82. The third kappa shape index (κ3) is 3.79. The lowest BCUT2D eigenvalue weighted by Gasteiger charge is -2.17. The van der Waals surface area contributed by atoms with Crippen molar-refractivity contribution < 1.29 is 24.6 Å². The topological polar surface area (TPSA) is 116 Å². The SMILES string of the molecule is O=C1CCc2cc(C(=O)NCCC(O)C(=O)O)ccc2N1. The number of fused-ring (bicyclic) bond motifs is 1. The first-order valence-electron chi connectivity index (χ1n) is 6.59. The van der Waals surface area contributed by atoms with E-state index in [1.807, 2.05) is 0 Å². The molecule has 0 fully saturated rings. The van der Waals surface area contributed by atoms with E-state index in [9.17, 15) is 14.4 Å². The van der Waals surface area contributed by atoms with Crippen LogP contribution in [0, 0.1) is 0 Å². The number of hydrogen-bond acceptors (Lipinski definition) is 4. The zero-order valence-corrected chi connectivity index (χ0v) is 11.3. The van der Waals surface area contributed by atoms with Gasteiger partial charge in [0.15, 0.2) is 6.10 Å². The Morgan fingerprint density at radius 1 is 1.33 bits per heavy atom. The van der Waals surface area contributed by atoms with Crippen molar-refractivity contribution in [3.63, 3.8) is 0 Å². The molecule has 0 bridgehead atoms. The highest BCUT2D eigenvalue weighted by Crippen LogP contribution is 2.23. The number of carboxylic acids is 1. The van der Waals surface area contributed by atoms with E-state index in [1.165, 1.54) is 0 Å². The molecule has 0 aromatic heterocycles. The van der Waals surface area contributed by atoms with Gasteiger partial charge in [0.25, 0.3) is 5.91 Å². The highest BCUT2D eigenvalue weighted by Gasteiger charge is 2.17. The van der Waals surface area contributed by atoms with Crippen LogP contribution in [-0.2, 0) is 16.0 Å². The van der Waals surface area contributed by atoms with Gasteiger partial charge in [0.05, 0.1) is 0 Å². The molecule has 0 radical (unpaired) electrons. The van der Waals surface area contributed by atoms with E-state index in [0.29, 0.717) is 24.1 Å². The Morgan fingerprint density at radius 2 is 2.10 bits per heavy atom. The molecule has 1 aliphatic heterocycles. The smallest absolute Gasteiger partial charge is 0.332 e. The quantitative estimate of drug-likeness (QED) is 0.616. The van der Waals surface area contributed by atoms with Crippen LogP contribution < -0.4 is 10.6 Å². The molecule has 0 saturated heterocycles. The van der Waals surface area contributed by atoms with Crippen molar-refractivity contribution in [1.82, 2.24) is 5.32 Å². The number of nitrogens with one attached hydrogen (secondary N) is 2. The minimum Gasteiger partial charge on any atom is -0.479 e. The van der Waals surface area contributed by atoms with Crippen molar-refractivity contribution >= 4 is 23.5 Å². The predicted octanol–water partition coefficient (Wildman–Crippen LogP) is 0.137. The molecule has 21 heavy (non-hydrogen) atoms. The van der Waals surface area contributed by atoms with Crippen LogP contribution in [0.1, 0.15) is 28.8 Å². The Hall–Kier alpha value is -2.41. The van der Waals surface area contributed by atoms with Gasteiger partial charge < -0.3 is 20.8 Å². The van der Waals surface area contributed by atoms with Gasteiger partial charge in [-0.2, -0.15) is 0 Å². The van der Waals surface area contributed by atoms with E-state index in [0.717, 1.165) is 5.56 Å². The summed E-state index contributed by atoms with van der Waals surface area (Å²) in [6, 6.07) is 4.97. The average molecular weight is 292 g/mol. The summed E-state index contributed by atoms with van der Waals surface area (Å²) in [5.74, 6) is -1.69. The lowest BCUT2D eigenvalue weighted by molar-refractivity contribution is -0.146. The molecular formula is C14H16N2O5. The Balaban J connectivity index is 1.94. The second kappa shape index (κ2) is 6.36. The van der Waals surface area contributed by atoms with Crippen molar-refractivity contribution in [2.45, 2.75) is 25.4 Å². The first-order chi connectivity index (χ1) is 9.97. The molecule has 2 amide bonds. The summed E-state index contributed by atoms with van der Waals surface area (Å²) in [6.45, 7) is 0.0696. The first kappa shape index (κ1) is 15.0. The van der Waals surface area contributed by atoms with Crippen LogP contribution >= 0.6 is 0 Å². The zero-order chi connectivity index (χ0) is 15.4. The van der Waals surface area contributed by atoms with Gasteiger partial charge in [0.2, 0.25) is 5.91 Å². The molecule has 112 valence electrons. The fraction of sp³-hybridized carbons (Fsp3) is 0.357. The number of anilines is 1. The summed E-state index contributed by atoms with van der Waals surface area (Å²) >= 11 is 0. The number of hydrogen-bond donors (Lipinski definition) is 4. The van der Waals surface area contributed by atoms with E-state index < -0.39 is 12.1 Å². The van der Waals surface area contributed by atoms with Gasteiger partial charge >= 0.3 is 5.97 Å². The lowest BCUT2D eigenvalue weighted by Crippen LogP contribution is -2.30. The van der Waals surface area contributed by atoms with E-state index in [2.05, 4.69) is 10.6 Å². The second-order valence-corrected chi connectivity index (χ2v) is 4.82. The van der Waals surface area contributed by atoms with Crippen LogP contribution in [0.3, 0.4) is 0 Å². The van der Waals surface area contributed by atoms with E-state index >= 15 is 0 Å². The molecule has 7 heteroatoms. The maximum Gasteiger partial charge on any atom is 0.332 e. The number of aliphatic hydroxyl groups is 1. The molecule has 7 nitrogen and oxygen atoms in total. The molecule has 1 unspecified atom stereocenters. The predicted molar refractivity (Wildman–Crippen MR) is 74.0 cm³/mol. The summed E-state index contributed by atoms with van der Waals surface area (Å²) in [7, 11) is 0. The van der Waals surface area contributed by atoms with Gasteiger partial charge in [-0.25, -0.2) is 4.79 Å². The molecule has 4 N–H and O–H groups in total. The summed E-state index contributed by atoms with van der Waals surface area (Å²) in [5, 5.41) is 22.9. The molecule has 0 saturated carbocycles. The van der Waals surface area contributed by atoms with Crippen molar-refractivity contribution in [2.75, 3.05) is 11.9 Å². The van der Waals surface area contributed by atoms with Crippen LogP contribution in [0.2, 0.25) is 0 Å². The van der Waals surface area contributed by atoms with Crippen molar-refractivity contribution in [2.24, 2.45) is 0 Å². The highest BCUT2D eigenvalue weighted by molar-refractivity contribution is 5.97. The van der Waals surface area contributed by atoms with E-state index in [1.54, 1.807) is 18.2 Å². The molecule has 1 aromatic carbocycles. The number of benzene rings is 1. The summed E-state index contributed by atoms with van der Waals surface area (Å²) < 4.78 is 0. The number of aliphatic carboxylic acids is 1. The minimum absolute atomic E-state index is 0.0395. The number of carboxylic acid groups (broad SMARTS) is 1. The summed E-state index contributed by atoms with van der Waals surface area (Å²) in [6.07, 6.45) is -0.561. The normalized spacial score (nSPS) is 14.8. The molecule has 0 spiro atoms. The van der Waals surface area contributed by atoms with Crippen molar-refractivity contribution in [3.8, 4) is 0 Å². The fourth-order valence-electron chi connectivity index (χ4n) is 2.07. The van der Waals surface area contributed by atoms with Crippen LogP contribution in [0.25, 0.3) is 0 Å². The van der Waals surface area contributed by atoms with Crippen LogP contribution in [0.15, 0.2) is 18.2 Å². The van der Waals surface area contributed by atoms with Gasteiger partial charge in [0, 0.05) is 30.6 Å². The number of aliphatic hydroxyl groups excluding tert-OH is 1. The number of carbonyl (C=O) groups is 3. The fourth-order valence-corrected chi connectivity index (χ4v) is 2.07. The Bertz CT molecular complexity index is 585. The largest absolute Gasteiger partial charge is 0.479 e. The molecule has 0 aliphatic carbocycles. The number of aryl methyl sites for hydroxylation is 1. The van der Waals surface area contributed by atoms with Gasteiger partial charge in [-0.1, -0.05) is 0 Å². The molecular weight excluding hydrogens is 276 g/mol. The molecule has 1 atom stereocenters. The van der Waals surface area contributed by atoms with Gasteiger partial charge in [-0.05, 0) is 30.2 Å². The monoisotopic (exact) mass is 292 g/mol. The third-order valence-electron chi connectivity index (χ3n) is 3.25. The lowest BCUT2D eigenvalue weighted by atomic mass is 10.00. The molecule has 2 rings (SSSR count). The molecule has 1 heterocycles. The van der Waals surface area contributed by atoms with E-state index in [4.69, 9.17) is 10.2 Å². The van der Waals surface area contributed by atoms with Gasteiger partial charge in [-0.15, -0.1) is 0 Å². The molecule has 1 aliphatic rings. The number of carbonyl (C=O) groups excluding carboxylic acids is 2. The summed E-state index contributed by atoms with van der Waals surface area (Å²) in [5.41, 5.74) is 2.05. The average Bonchev–Trinajstić information content (AvgIpc) is 2.46. The van der Waals surface area contributed by atoms with Gasteiger partial charge in [-0.3, -0.25) is 9.59 Å². The third-order valence-corrected chi connectivity index (χ3v) is 3.25. The van der Waals surface area contributed by atoms with Crippen LogP contribution in [0.5, 0.6) is 0 Å². The maximum atomic E-state index is 11.9. The zero-order valence-electron chi connectivity index (χ0n) is 11.3. The van der Waals surface area contributed by atoms with Crippen molar-refractivity contribution in [3.05, 3.63) is 29.3 Å². The standard InChI is InChI=1S/C14H16N2O5/c17-11(14(20)21)5-6-15-13(19)9-1-3-10-8(7-9)2-4-12(18)16-10/h1,3,7,11,17H,2,4-6H2,(H,15,19)(H,16,18)(H,20,21). The highest BCUT2D eigenvalue weighted by atomic mass is 16.4. The summed E-state index contributed by atoms with van der Waals surface area (Å²) in [4.78, 5) is 33.6. The number of rotatable bonds is 5. The first-order valence-corrected chi connectivity index (χ1v) is 6.59. The van der Waals surface area contributed by atoms with Gasteiger partial charge in [0.1, 0.15) is 0 Å².